The van der Waals surface area contributed by atoms with Gasteiger partial charge in [0.15, 0.2) is 0 Å². The molecule has 0 spiro atoms. The van der Waals surface area contributed by atoms with Crippen LogP contribution in [0.3, 0.4) is 0 Å². The standard InChI is InChI=1S/C12H24N2O5S/c1-13(7-6-12(15)18-3)20(16,17)14(2)9-11-5-4-8-19-10-11/h11H,4-10H2,1-3H3. The monoisotopic (exact) mass is 308 g/mol. The van der Waals surface area contributed by atoms with Gasteiger partial charge in [-0.3, -0.25) is 4.79 Å². The fourth-order valence-corrected chi connectivity index (χ4v) is 3.31. The van der Waals surface area contributed by atoms with Crippen LogP contribution in [0.15, 0.2) is 0 Å². The molecule has 8 heteroatoms. The van der Waals surface area contributed by atoms with Crippen molar-refractivity contribution in [2.24, 2.45) is 5.92 Å². The van der Waals surface area contributed by atoms with E-state index in [1.54, 1.807) is 7.05 Å². The van der Waals surface area contributed by atoms with Crippen molar-refractivity contribution in [2.75, 3.05) is 47.5 Å². The molecule has 0 amide bonds. The van der Waals surface area contributed by atoms with Crippen molar-refractivity contribution in [1.82, 2.24) is 8.61 Å². The molecule has 0 N–H and O–H groups in total. The third-order valence-electron chi connectivity index (χ3n) is 3.42. The maximum Gasteiger partial charge on any atom is 0.306 e. The van der Waals surface area contributed by atoms with Gasteiger partial charge >= 0.3 is 5.97 Å². The number of carbonyl (C=O) groups excluding carboxylic acids is 1. The Balaban J connectivity index is 2.50. The Kier molecular flexibility index (Phi) is 6.87. The summed E-state index contributed by atoms with van der Waals surface area (Å²) in [7, 11) is 0.763. The molecule has 20 heavy (non-hydrogen) atoms. The van der Waals surface area contributed by atoms with Crippen LogP contribution in [0.5, 0.6) is 0 Å². The summed E-state index contributed by atoms with van der Waals surface area (Å²) in [6.07, 6.45) is 2.00. The summed E-state index contributed by atoms with van der Waals surface area (Å²) < 4.78 is 36.9. The van der Waals surface area contributed by atoms with Crippen molar-refractivity contribution in [3.8, 4) is 0 Å². The Morgan fingerprint density at radius 1 is 1.35 bits per heavy atom. The first-order valence-electron chi connectivity index (χ1n) is 6.70. The maximum absolute atomic E-state index is 12.3. The number of nitrogens with zero attached hydrogens (tertiary/aromatic N) is 2. The molecule has 0 saturated carbocycles. The maximum atomic E-state index is 12.3. The summed E-state index contributed by atoms with van der Waals surface area (Å²) in [4.78, 5) is 11.1. The molecular formula is C12H24N2O5S. The number of esters is 1. The zero-order valence-corrected chi connectivity index (χ0v) is 13.2. The third kappa shape index (κ3) is 5.01. The summed E-state index contributed by atoms with van der Waals surface area (Å²) >= 11 is 0. The Labute approximate surface area is 121 Å². The SMILES string of the molecule is COC(=O)CCN(C)S(=O)(=O)N(C)CC1CCCOC1. The minimum absolute atomic E-state index is 0.0482. The molecule has 118 valence electrons. The molecule has 1 unspecified atom stereocenters. The van der Waals surface area contributed by atoms with Gasteiger partial charge in [0.05, 0.1) is 20.1 Å². The highest BCUT2D eigenvalue weighted by Crippen LogP contribution is 2.16. The van der Waals surface area contributed by atoms with E-state index in [9.17, 15) is 13.2 Å². The lowest BCUT2D eigenvalue weighted by molar-refractivity contribution is -0.140. The second kappa shape index (κ2) is 7.92. The number of ether oxygens (including phenoxy) is 2. The average molecular weight is 308 g/mol. The number of hydrogen-bond donors (Lipinski definition) is 0. The predicted molar refractivity (Wildman–Crippen MR) is 74.4 cm³/mol. The summed E-state index contributed by atoms with van der Waals surface area (Å²) in [6, 6.07) is 0. The van der Waals surface area contributed by atoms with Crippen molar-refractivity contribution >= 4 is 16.2 Å². The van der Waals surface area contributed by atoms with Crippen LogP contribution in [0.2, 0.25) is 0 Å². The highest BCUT2D eigenvalue weighted by atomic mass is 32.2. The Morgan fingerprint density at radius 2 is 2.05 bits per heavy atom. The largest absolute Gasteiger partial charge is 0.469 e. The van der Waals surface area contributed by atoms with Gasteiger partial charge in [-0.25, -0.2) is 0 Å². The second-order valence-corrected chi connectivity index (χ2v) is 7.16. The molecule has 1 atom stereocenters. The Morgan fingerprint density at radius 3 is 2.60 bits per heavy atom. The minimum Gasteiger partial charge on any atom is -0.469 e. The highest BCUT2D eigenvalue weighted by molar-refractivity contribution is 7.86. The lowest BCUT2D eigenvalue weighted by Crippen LogP contribution is -2.43. The van der Waals surface area contributed by atoms with Gasteiger partial charge in [-0.1, -0.05) is 0 Å². The van der Waals surface area contributed by atoms with E-state index in [1.807, 2.05) is 0 Å². The molecule has 0 radical (unpaired) electrons. The summed E-state index contributed by atoms with van der Waals surface area (Å²) in [5, 5.41) is 0. The molecule has 0 aliphatic carbocycles. The molecule has 0 bridgehead atoms. The molecule has 0 aromatic heterocycles. The van der Waals surface area contributed by atoms with Crippen LogP contribution >= 0.6 is 0 Å². The van der Waals surface area contributed by atoms with Gasteiger partial charge in [-0.05, 0) is 18.8 Å². The van der Waals surface area contributed by atoms with Crippen molar-refractivity contribution < 1.29 is 22.7 Å². The molecule has 1 aliphatic heterocycles. The summed E-state index contributed by atoms with van der Waals surface area (Å²) in [5.74, 6) is -0.187. The predicted octanol–water partition coefficient (Wildman–Crippen LogP) is 0.0845. The zero-order valence-electron chi connectivity index (χ0n) is 12.4. The highest BCUT2D eigenvalue weighted by Gasteiger charge is 2.27. The summed E-state index contributed by atoms with van der Waals surface area (Å²) in [6.45, 7) is 1.91. The molecular weight excluding hydrogens is 284 g/mol. The van der Waals surface area contributed by atoms with Crippen LogP contribution in [0, 0.1) is 5.92 Å². The van der Waals surface area contributed by atoms with Crippen LogP contribution in [0.1, 0.15) is 19.3 Å². The van der Waals surface area contributed by atoms with Gasteiger partial charge in [0.25, 0.3) is 10.2 Å². The average Bonchev–Trinajstić information content (AvgIpc) is 2.45. The Bertz CT molecular complexity index is 406. The first-order chi connectivity index (χ1) is 9.37. The number of rotatable bonds is 7. The number of carbonyl (C=O) groups is 1. The van der Waals surface area contributed by atoms with Crippen LogP contribution in [0.25, 0.3) is 0 Å². The van der Waals surface area contributed by atoms with Gasteiger partial charge in [0.2, 0.25) is 0 Å². The number of methoxy groups -OCH3 is 1. The third-order valence-corrected chi connectivity index (χ3v) is 5.32. The fourth-order valence-electron chi connectivity index (χ4n) is 2.11. The number of hydrogen-bond acceptors (Lipinski definition) is 5. The van der Waals surface area contributed by atoms with E-state index in [-0.39, 0.29) is 18.9 Å². The zero-order chi connectivity index (χ0) is 15.2. The molecule has 1 aliphatic rings. The van der Waals surface area contributed by atoms with Gasteiger partial charge in [-0.2, -0.15) is 17.0 Å². The molecule has 7 nitrogen and oxygen atoms in total. The molecule has 0 aromatic carbocycles. The van der Waals surface area contributed by atoms with E-state index in [0.29, 0.717) is 13.2 Å². The molecule has 1 fully saturated rings. The van der Waals surface area contributed by atoms with Crippen LogP contribution in [-0.2, 0) is 24.5 Å². The van der Waals surface area contributed by atoms with E-state index in [1.165, 1.54) is 22.8 Å². The van der Waals surface area contributed by atoms with Crippen molar-refractivity contribution in [3.05, 3.63) is 0 Å². The first-order valence-corrected chi connectivity index (χ1v) is 8.09. The van der Waals surface area contributed by atoms with Crippen molar-refractivity contribution in [1.29, 1.82) is 0 Å². The van der Waals surface area contributed by atoms with E-state index >= 15 is 0 Å². The quantitative estimate of drug-likeness (QED) is 0.623. The van der Waals surface area contributed by atoms with Crippen molar-refractivity contribution in [3.63, 3.8) is 0 Å². The van der Waals surface area contributed by atoms with Crippen LogP contribution in [-0.4, -0.2) is 70.5 Å². The van der Waals surface area contributed by atoms with E-state index in [4.69, 9.17) is 4.74 Å². The minimum atomic E-state index is -3.54. The van der Waals surface area contributed by atoms with Gasteiger partial charge < -0.3 is 9.47 Å². The smallest absolute Gasteiger partial charge is 0.306 e. The van der Waals surface area contributed by atoms with Crippen molar-refractivity contribution in [2.45, 2.75) is 19.3 Å². The lowest BCUT2D eigenvalue weighted by atomic mass is 10.0. The van der Waals surface area contributed by atoms with Gasteiger partial charge in [-0.15, -0.1) is 0 Å². The lowest BCUT2D eigenvalue weighted by Gasteiger charge is -2.29. The van der Waals surface area contributed by atoms with Crippen LogP contribution in [0.4, 0.5) is 0 Å². The van der Waals surface area contributed by atoms with E-state index in [2.05, 4.69) is 4.74 Å². The van der Waals surface area contributed by atoms with Gasteiger partial charge in [0.1, 0.15) is 0 Å². The normalized spacial score (nSPS) is 20.4. The molecule has 1 rings (SSSR count). The first kappa shape index (κ1) is 17.4. The molecule has 0 aromatic rings. The molecule has 1 saturated heterocycles. The van der Waals surface area contributed by atoms with E-state index < -0.39 is 16.2 Å². The Hall–Kier alpha value is -0.700. The topological polar surface area (TPSA) is 76.2 Å². The van der Waals surface area contributed by atoms with Gasteiger partial charge in [0, 0.05) is 33.8 Å². The van der Waals surface area contributed by atoms with E-state index in [0.717, 1.165) is 19.4 Å². The van der Waals surface area contributed by atoms with Crippen LogP contribution < -0.4 is 0 Å². The second-order valence-electron chi connectivity index (χ2n) is 5.02. The molecule has 1 heterocycles. The fraction of sp³-hybridized carbons (Fsp3) is 0.917. The summed E-state index contributed by atoms with van der Waals surface area (Å²) in [5.41, 5.74) is 0.